The van der Waals surface area contributed by atoms with Gasteiger partial charge in [0.25, 0.3) is 10.0 Å². The van der Waals surface area contributed by atoms with Gasteiger partial charge >= 0.3 is 0 Å². The van der Waals surface area contributed by atoms with Crippen LogP contribution in [-0.2, 0) is 16.4 Å². The van der Waals surface area contributed by atoms with Crippen LogP contribution in [0.2, 0.25) is 0 Å². The molecule has 0 unspecified atom stereocenters. The fourth-order valence-corrected chi connectivity index (χ4v) is 3.13. The molecule has 0 heterocycles. The van der Waals surface area contributed by atoms with E-state index in [-0.39, 0.29) is 10.6 Å². The Morgan fingerprint density at radius 2 is 1.90 bits per heavy atom. The van der Waals surface area contributed by atoms with E-state index < -0.39 is 15.8 Å². The van der Waals surface area contributed by atoms with Crippen LogP contribution in [0.3, 0.4) is 0 Å². The first-order valence-electron chi connectivity index (χ1n) is 6.51. The van der Waals surface area contributed by atoms with Gasteiger partial charge in [0.1, 0.15) is 5.82 Å². The minimum atomic E-state index is -3.80. The van der Waals surface area contributed by atoms with Crippen molar-refractivity contribution in [3.05, 3.63) is 53.3 Å². The highest BCUT2D eigenvalue weighted by Gasteiger charge is 2.16. The van der Waals surface area contributed by atoms with Crippen molar-refractivity contribution >= 4 is 21.4 Å². The molecule has 2 rings (SSSR count). The monoisotopic (exact) mass is 308 g/mol. The Morgan fingerprint density at radius 3 is 2.52 bits per heavy atom. The molecule has 6 heteroatoms. The molecular weight excluding hydrogens is 291 g/mol. The second kappa shape index (κ2) is 5.73. The number of nitrogen functional groups attached to an aromatic ring is 1. The number of hydrogen-bond donors (Lipinski definition) is 2. The van der Waals surface area contributed by atoms with E-state index >= 15 is 0 Å². The predicted molar refractivity (Wildman–Crippen MR) is 82.2 cm³/mol. The lowest BCUT2D eigenvalue weighted by Crippen LogP contribution is -2.14. The number of rotatable bonds is 4. The zero-order valence-corrected chi connectivity index (χ0v) is 12.7. The lowest BCUT2D eigenvalue weighted by molar-refractivity contribution is 0.601. The van der Waals surface area contributed by atoms with Gasteiger partial charge in [0.15, 0.2) is 0 Å². The average molecular weight is 308 g/mol. The molecule has 21 heavy (non-hydrogen) atoms. The molecule has 0 aliphatic carbocycles. The Hall–Kier alpha value is -2.08. The second-order valence-electron chi connectivity index (χ2n) is 4.78. The predicted octanol–water partition coefficient (Wildman–Crippen LogP) is 3.08. The van der Waals surface area contributed by atoms with E-state index in [9.17, 15) is 12.8 Å². The lowest BCUT2D eigenvalue weighted by Gasteiger charge is -2.12. The molecule has 0 bridgehead atoms. The molecule has 3 N–H and O–H groups in total. The van der Waals surface area contributed by atoms with Crippen LogP contribution in [0, 0.1) is 12.7 Å². The first kappa shape index (κ1) is 15.3. The van der Waals surface area contributed by atoms with Crippen molar-refractivity contribution < 1.29 is 12.8 Å². The van der Waals surface area contributed by atoms with Crippen molar-refractivity contribution in [2.75, 3.05) is 10.5 Å². The largest absolute Gasteiger partial charge is 0.398 e. The summed E-state index contributed by atoms with van der Waals surface area (Å²) in [6.45, 7) is 3.64. The van der Waals surface area contributed by atoms with Crippen molar-refractivity contribution in [1.29, 1.82) is 0 Å². The number of aryl methyl sites for hydroxylation is 2. The summed E-state index contributed by atoms with van der Waals surface area (Å²) in [6.07, 6.45) is 0.725. The van der Waals surface area contributed by atoms with Crippen LogP contribution in [0.15, 0.2) is 41.3 Å². The smallest absolute Gasteiger partial charge is 0.261 e. The third kappa shape index (κ3) is 3.33. The molecular formula is C15H17FN2O2S. The summed E-state index contributed by atoms with van der Waals surface area (Å²) >= 11 is 0. The molecule has 0 aliphatic rings. The van der Waals surface area contributed by atoms with Gasteiger partial charge in [0.2, 0.25) is 0 Å². The van der Waals surface area contributed by atoms with E-state index in [0.29, 0.717) is 11.3 Å². The molecule has 0 saturated heterocycles. The van der Waals surface area contributed by atoms with Crippen LogP contribution in [0.1, 0.15) is 18.1 Å². The van der Waals surface area contributed by atoms with Gasteiger partial charge in [-0.1, -0.05) is 19.1 Å². The maximum absolute atomic E-state index is 13.2. The molecule has 0 fully saturated rings. The molecule has 0 saturated carbocycles. The maximum atomic E-state index is 13.2. The van der Waals surface area contributed by atoms with Crippen molar-refractivity contribution in [2.24, 2.45) is 0 Å². The molecule has 4 nitrogen and oxygen atoms in total. The van der Waals surface area contributed by atoms with Gasteiger partial charge in [-0.25, -0.2) is 12.8 Å². The van der Waals surface area contributed by atoms with Crippen LogP contribution in [0.25, 0.3) is 0 Å². The molecule has 0 amide bonds. The van der Waals surface area contributed by atoms with Crippen molar-refractivity contribution in [3.63, 3.8) is 0 Å². The number of anilines is 2. The first-order valence-corrected chi connectivity index (χ1v) is 7.99. The summed E-state index contributed by atoms with van der Waals surface area (Å²) in [7, 11) is -3.80. The van der Waals surface area contributed by atoms with Crippen LogP contribution >= 0.6 is 0 Å². The van der Waals surface area contributed by atoms with Gasteiger partial charge in [-0.15, -0.1) is 0 Å². The highest BCUT2D eigenvalue weighted by atomic mass is 32.2. The number of halogens is 1. The average Bonchev–Trinajstić information content (AvgIpc) is 2.42. The Bertz CT molecular complexity index is 773. The van der Waals surface area contributed by atoms with E-state index in [1.54, 1.807) is 13.0 Å². The molecule has 2 aromatic carbocycles. The third-order valence-electron chi connectivity index (χ3n) is 3.25. The van der Waals surface area contributed by atoms with Crippen LogP contribution in [0.5, 0.6) is 0 Å². The number of benzene rings is 2. The zero-order valence-electron chi connectivity index (χ0n) is 11.9. The topological polar surface area (TPSA) is 72.2 Å². The molecule has 0 aromatic heterocycles. The van der Waals surface area contributed by atoms with Crippen LogP contribution in [0.4, 0.5) is 15.8 Å². The quantitative estimate of drug-likeness (QED) is 0.853. The number of nitrogens with two attached hydrogens (primary N) is 1. The molecule has 0 radical (unpaired) electrons. The van der Waals surface area contributed by atoms with Crippen molar-refractivity contribution in [1.82, 2.24) is 0 Å². The summed E-state index contributed by atoms with van der Waals surface area (Å²) in [4.78, 5) is 0.0564. The van der Waals surface area contributed by atoms with Crippen molar-refractivity contribution in [2.45, 2.75) is 25.2 Å². The fourth-order valence-electron chi connectivity index (χ4n) is 1.97. The van der Waals surface area contributed by atoms with E-state index in [1.165, 1.54) is 24.3 Å². The van der Waals surface area contributed by atoms with E-state index in [0.717, 1.165) is 18.1 Å². The normalized spacial score (nSPS) is 11.4. The standard InChI is InChI=1S/C15H17FN2O2S/c1-3-11-5-7-13(9-14(11)17)21(19,20)18-15-8-12(16)6-4-10(15)2/h4-9,18H,3,17H2,1-2H3. The lowest BCUT2D eigenvalue weighted by atomic mass is 10.1. The summed E-state index contributed by atoms with van der Waals surface area (Å²) in [5, 5.41) is 0. The zero-order chi connectivity index (χ0) is 15.6. The first-order chi connectivity index (χ1) is 9.83. The van der Waals surface area contributed by atoms with Gasteiger partial charge in [0.05, 0.1) is 10.6 Å². The molecule has 112 valence electrons. The SMILES string of the molecule is CCc1ccc(S(=O)(=O)Nc2cc(F)ccc2C)cc1N. The van der Waals surface area contributed by atoms with Gasteiger partial charge in [-0.05, 0) is 48.7 Å². The molecule has 2 aromatic rings. The molecule has 0 spiro atoms. The Labute approximate surface area is 123 Å². The second-order valence-corrected chi connectivity index (χ2v) is 6.46. The fraction of sp³-hybridized carbons (Fsp3) is 0.200. The Kier molecular flexibility index (Phi) is 4.18. The minimum absolute atomic E-state index is 0.0564. The molecule has 0 aliphatic heterocycles. The van der Waals surface area contributed by atoms with Crippen LogP contribution < -0.4 is 10.5 Å². The Balaban J connectivity index is 2.38. The highest BCUT2D eigenvalue weighted by molar-refractivity contribution is 7.92. The minimum Gasteiger partial charge on any atom is -0.398 e. The summed E-state index contributed by atoms with van der Waals surface area (Å²) < 4.78 is 40.3. The number of sulfonamides is 1. The number of nitrogens with one attached hydrogen (secondary N) is 1. The van der Waals surface area contributed by atoms with Crippen molar-refractivity contribution in [3.8, 4) is 0 Å². The highest BCUT2D eigenvalue weighted by Crippen LogP contribution is 2.23. The van der Waals surface area contributed by atoms with Gasteiger partial charge in [0, 0.05) is 5.69 Å². The maximum Gasteiger partial charge on any atom is 0.261 e. The number of hydrogen-bond acceptors (Lipinski definition) is 3. The van der Waals surface area contributed by atoms with Gasteiger partial charge in [-0.2, -0.15) is 0 Å². The van der Waals surface area contributed by atoms with Crippen LogP contribution in [-0.4, -0.2) is 8.42 Å². The van der Waals surface area contributed by atoms with E-state index in [4.69, 9.17) is 5.73 Å². The van der Waals surface area contributed by atoms with E-state index in [2.05, 4.69) is 4.72 Å². The van der Waals surface area contributed by atoms with Gasteiger partial charge < -0.3 is 5.73 Å². The Morgan fingerprint density at radius 1 is 1.19 bits per heavy atom. The third-order valence-corrected chi connectivity index (χ3v) is 4.62. The molecule has 0 atom stereocenters. The summed E-state index contributed by atoms with van der Waals surface area (Å²) in [5.74, 6) is -0.501. The summed E-state index contributed by atoms with van der Waals surface area (Å²) in [5.41, 5.74) is 7.99. The summed E-state index contributed by atoms with van der Waals surface area (Å²) in [6, 6.07) is 8.53. The van der Waals surface area contributed by atoms with E-state index in [1.807, 2.05) is 6.92 Å². The van der Waals surface area contributed by atoms with Gasteiger partial charge in [-0.3, -0.25) is 4.72 Å².